The zero-order valence-electron chi connectivity index (χ0n) is 10.9. The van der Waals surface area contributed by atoms with E-state index in [1.165, 1.54) is 6.42 Å². The Bertz CT molecular complexity index is 283. The van der Waals surface area contributed by atoms with Crippen LogP contribution in [0.5, 0.6) is 0 Å². The van der Waals surface area contributed by atoms with Gasteiger partial charge in [-0.2, -0.15) is 0 Å². The number of nitrogens with two attached hydrogens (primary N) is 1. The Balaban J connectivity index is 1.99. The molecule has 0 aromatic carbocycles. The lowest BCUT2D eigenvalue weighted by Crippen LogP contribution is -2.47. The summed E-state index contributed by atoms with van der Waals surface area (Å²) >= 11 is 0. The van der Waals surface area contributed by atoms with Crippen molar-refractivity contribution in [3.05, 3.63) is 0 Å². The number of nitrogens with zero attached hydrogens (tertiary/aromatic N) is 1. The Morgan fingerprint density at radius 2 is 2.18 bits per heavy atom. The summed E-state index contributed by atoms with van der Waals surface area (Å²) in [4.78, 5) is 14.3. The molecule has 4 heteroatoms. The van der Waals surface area contributed by atoms with Gasteiger partial charge in [0.05, 0.1) is 0 Å². The summed E-state index contributed by atoms with van der Waals surface area (Å²) in [5, 5.41) is 0. The van der Waals surface area contributed by atoms with E-state index in [0.29, 0.717) is 24.4 Å². The molecule has 0 bridgehead atoms. The first-order valence-electron chi connectivity index (χ1n) is 6.73. The summed E-state index contributed by atoms with van der Waals surface area (Å²) in [5.74, 6) is 0.976. The van der Waals surface area contributed by atoms with Gasteiger partial charge in [-0.05, 0) is 37.6 Å². The van der Waals surface area contributed by atoms with Gasteiger partial charge in [0.25, 0.3) is 5.91 Å². The van der Waals surface area contributed by atoms with E-state index in [1.807, 2.05) is 11.9 Å². The SMILES string of the molecule is CC1CCOC1C(=O)N(C)C1CCCC1CN. The molecule has 1 aliphatic carbocycles. The summed E-state index contributed by atoms with van der Waals surface area (Å²) in [7, 11) is 1.91. The minimum atomic E-state index is -0.223. The molecular formula is C13H24N2O2. The van der Waals surface area contributed by atoms with Gasteiger partial charge in [-0.15, -0.1) is 0 Å². The third kappa shape index (κ3) is 2.47. The van der Waals surface area contributed by atoms with Gasteiger partial charge in [0.2, 0.25) is 0 Å². The molecule has 2 fully saturated rings. The first-order valence-corrected chi connectivity index (χ1v) is 6.73. The highest BCUT2D eigenvalue weighted by atomic mass is 16.5. The summed E-state index contributed by atoms with van der Waals surface area (Å²) in [5.41, 5.74) is 5.77. The number of carbonyl (C=O) groups excluding carboxylic acids is 1. The van der Waals surface area contributed by atoms with Crippen molar-refractivity contribution in [1.82, 2.24) is 4.90 Å². The molecule has 0 aromatic rings. The molecule has 4 unspecified atom stereocenters. The van der Waals surface area contributed by atoms with E-state index in [-0.39, 0.29) is 12.0 Å². The fourth-order valence-electron chi connectivity index (χ4n) is 3.18. The molecule has 17 heavy (non-hydrogen) atoms. The van der Waals surface area contributed by atoms with Crippen molar-refractivity contribution in [2.45, 2.75) is 44.8 Å². The number of rotatable bonds is 3. The van der Waals surface area contributed by atoms with Crippen molar-refractivity contribution in [1.29, 1.82) is 0 Å². The second-order valence-corrected chi connectivity index (χ2v) is 5.50. The zero-order valence-corrected chi connectivity index (χ0v) is 10.9. The van der Waals surface area contributed by atoms with E-state index in [4.69, 9.17) is 10.5 Å². The first kappa shape index (κ1) is 12.8. The van der Waals surface area contributed by atoms with Crippen molar-refractivity contribution < 1.29 is 9.53 Å². The topological polar surface area (TPSA) is 55.6 Å². The summed E-state index contributed by atoms with van der Waals surface area (Å²) in [6.45, 7) is 3.50. The van der Waals surface area contributed by atoms with Crippen LogP contribution in [0.15, 0.2) is 0 Å². The van der Waals surface area contributed by atoms with Crippen LogP contribution in [-0.2, 0) is 9.53 Å². The number of amides is 1. The maximum absolute atomic E-state index is 12.4. The monoisotopic (exact) mass is 240 g/mol. The molecular weight excluding hydrogens is 216 g/mol. The van der Waals surface area contributed by atoms with E-state index in [2.05, 4.69) is 6.92 Å². The van der Waals surface area contributed by atoms with Crippen LogP contribution in [0.2, 0.25) is 0 Å². The van der Waals surface area contributed by atoms with Gasteiger partial charge in [0.15, 0.2) is 0 Å². The van der Waals surface area contributed by atoms with Gasteiger partial charge in [-0.3, -0.25) is 4.79 Å². The van der Waals surface area contributed by atoms with Gasteiger partial charge in [0, 0.05) is 19.7 Å². The molecule has 0 spiro atoms. The van der Waals surface area contributed by atoms with Crippen molar-refractivity contribution in [3.63, 3.8) is 0 Å². The van der Waals surface area contributed by atoms with Crippen molar-refractivity contribution in [3.8, 4) is 0 Å². The smallest absolute Gasteiger partial charge is 0.251 e. The van der Waals surface area contributed by atoms with E-state index in [9.17, 15) is 4.79 Å². The predicted molar refractivity (Wildman–Crippen MR) is 66.5 cm³/mol. The van der Waals surface area contributed by atoms with E-state index in [1.54, 1.807) is 0 Å². The fraction of sp³-hybridized carbons (Fsp3) is 0.923. The predicted octanol–water partition coefficient (Wildman–Crippen LogP) is 0.997. The summed E-state index contributed by atoms with van der Waals surface area (Å²) in [6, 6.07) is 0.323. The van der Waals surface area contributed by atoms with Gasteiger partial charge in [-0.25, -0.2) is 0 Å². The highest BCUT2D eigenvalue weighted by Gasteiger charge is 2.38. The second-order valence-electron chi connectivity index (χ2n) is 5.50. The van der Waals surface area contributed by atoms with Gasteiger partial charge in [-0.1, -0.05) is 13.3 Å². The molecule has 1 amide bonds. The van der Waals surface area contributed by atoms with Gasteiger partial charge in [0.1, 0.15) is 6.10 Å². The van der Waals surface area contributed by atoms with Crippen LogP contribution in [0.1, 0.15) is 32.6 Å². The Labute approximate surface area is 103 Å². The van der Waals surface area contributed by atoms with Crippen LogP contribution in [-0.4, -0.2) is 43.2 Å². The van der Waals surface area contributed by atoms with Crippen LogP contribution in [0.25, 0.3) is 0 Å². The van der Waals surface area contributed by atoms with E-state index >= 15 is 0 Å². The first-order chi connectivity index (χ1) is 8.15. The number of likely N-dealkylation sites (N-methyl/N-ethyl adjacent to an activating group) is 1. The molecule has 98 valence electrons. The molecule has 1 saturated heterocycles. The van der Waals surface area contributed by atoms with E-state index in [0.717, 1.165) is 25.9 Å². The quantitative estimate of drug-likeness (QED) is 0.800. The Hall–Kier alpha value is -0.610. The molecule has 4 atom stereocenters. The summed E-state index contributed by atoms with van der Waals surface area (Å²) < 4.78 is 5.55. The van der Waals surface area contributed by atoms with Crippen molar-refractivity contribution in [2.24, 2.45) is 17.6 Å². The van der Waals surface area contributed by atoms with Gasteiger partial charge < -0.3 is 15.4 Å². The number of hydrogen-bond donors (Lipinski definition) is 1. The van der Waals surface area contributed by atoms with Crippen LogP contribution in [0, 0.1) is 11.8 Å². The highest BCUT2D eigenvalue weighted by molar-refractivity contribution is 5.81. The maximum atomic E-state index is 12.4. The van der Waals surface area contributed by atoms with Crippen molar-refractivity contribution in [2.75, 3.05) is 20.2 Å². The third-order valence-corrected chi connectivity index (χ3v) is 4.40. The molecule has 2 aliphatic rings. The molecule has 2 N–H and O–H groups in total. The lowest BCUT2D eigenvalue weighted by atomic mass is 9.99. The minimum absolute atomic E-state index is 0.153. The summed E-state index contributed by atoms with van der Waals surface area (Å²) in [6.07, 6.45) is 4.20. The molecule has 1 aliphatic heterocycles. The van der Waals surface area contributed by atoms with Crippen molar-refractivity contribution >= 4 is 5.91 Å². The average Bonchev–Trinajstić information content (AvgIpc) is 2.95. The molecule has 1 heterocycles. The lowest BCUT2D eigenvalue weighted by molar-refractivity contribution is -0.143. The minimum Gasteiger partial charge on any atom is -0.368 e. The van der Waals surface area contributed by atoms with E-state index < -0.39 is 0 Å². The number of carbonyl (C=O) groups is 1. The molecule has 0 radical (unpaired) electrons. The van der Waals surface area contributed by atoms with Gasteiger partial charge >= 0.3 is 0 Å². The Morgan fingerprint density at radius 3 is 2.76 bits per heavy atom. The third-order valence-electron chi connectivity index (χ3n) is 4.40. The Kier molecular flexibility index (Phi) is 4.05. The second kappa shape index (κ2) is 5.36. The fourth-order valence-corrected chi connectivity index (χ4v) is 3.18. The number of ether oxygens (including phenoxy) is 1. The highest BCUT2D eigenvalue weighted by Crippen LogP contribution is 2.30. The normalized spacial score (nSPS) is 37.4. The van der Waals surface area contributed by atoms with Crippen LogP contribution >= 0.6 is 0 Å². The molecule has 2 rings (SSSR count). The van der Waals surface area contributed by atoms with Crippen LogP contribution in [0.3, 0.4) is 0 Å². The zero-order chi connectivity index (χ0) is 12.4. The molecule has 0 aromatic heterocycles. The standard InChI is InChI=1S/C13H24N2O2/c1-9-6-7-17-12(9)13(16)15(2)11-5-3-4-10(11)8-14/h9-12H,3-8,14H2,1-2H3. The largest absolute Gasteiger partial charge is 0.368 e. The van der Waals surface area contributed by atoms with Crippen LogP contribution in [0.4, 0.5) is 0 Å². The molecule has 4 nitrogen and oxygen atoms in total. The number of hydrogen-bond acceptors (Lipinski definition) is 3. The molecule has 1 saturated carbocycles. The van der Waals surface area contributed by atoms with Crippen LogP contribution < -0.4 is 5.73 Å². The average molecular weight is 240 g/mol. The Morgan fingerprint density at radius 1 is 1.41 bits per heavy atom. The maximum Gasteiger partial charge on any atom is 0.251 e. The lowest BCUT2D eigenvalue weighted by Gasteiger charge is -2.31.